The number of carbonyl (C=O) groups is 1. The fourth-order valence-electron chi connectivity index (χ4n) is 3.79. The number of anilines is 1. The standard InChI is InChI=1S/C20H24FN5O5/c1-18(2,8-21)17(27)28-9-20(23-5)15-14(29-19(3,4)31-15)13(30-20)11-6-7-12-16(22)24-10-25-26(11)12/h6-7,10,13-15H,8-9H2,1-4H3,(H2,22,24,25)/t13-,14-,15-,20+/m0/s1. The number of aromatic nitrogens is 3. The molecule has 4 heterocycles. The number of ether oxygens (including phenoxy) is 4. The highest BCUT2D eigenvalue weighted by Gasteiger charge is 2.69. The number of halogens is 1. The van der Waals surface area contributed by atoms with Crippen molar-refractivity contribution >= 4 is 17.3 Å². The van der Waals surface area contributed by atoms with Gasteiger partial charge in [-0.1, -0.05) is 0 Å². The van der Waals surface area contributed by atoms with Gasteiger partial charge in [0, 0.05) is 0 Å². The zero-order valence-corrected chi connectivity index (χ0v) is 17.7. The van der Waals surface area contributed by atoms with Crippen LogP contribution in [0.4, 0.5) is 10.2 Å². The van der Waals surface area contributed by atoms with Gasteiger partial charge in [0.15, 0.2) is 24.3 Å². The SMILES string of the molecule is [C-]#[N+][C@]1(COC(=O)C(C)(C)CF)O[C@@H](c2ccc3c(N)ncnn23)[C@@H]2OC(C)(C)O[C@@H]21. The Kier molecular flexibility index (Phi) is 4.92. The molecule has 2 N–H and O–H groups in total. The summed E-state index contributed by atoms with van der Waals surface area (Å²) >= 11 is 0. The average Bonchev–Trinajstić information content (AvgIpc) is 3.37. The number of nitrogens with zero attached hydrogens (tertiary/aromatic N) is 4. The van der Waals surface area contributed by atoms with E-state index in [2.05, 4.69) is 14.9 Å². The summed E-state index contributed by atoms with van der Waals surface area (Å²) in [5.74, 6) is -1.47. The summed E-state index contributed by atoms with van der Waals surface area (Å²) in [5, 5.41) is 4.23. The van der Waals surface area contributed by atoms with Crippen LogP contribution in [0.1, 0.15) is 39.5 Å². The first kappa shape index (κ1) is 21.4. The highest BCUT2D eigenvalue weighted by Crippen LogP contribution is 2.51. The van der Waals surface area contributed by atoms with Crippen LogP contribution in [0, 0.1) is 12.0 Å². The molecule has 2 fully saturated rings. The first-order valence-electron chi connectivity index (χ1n) is 9.77. The van der Waals surface area contributed by atoms with Crippen molar-refractivity contribution in [2.24, 2.45) is 5.41 Å². The highest BCUT2D eigenvalue weighted by molar-refractivity contribution is 5.76. The molecule has 2 aliphatic rings. The van der Waals surface area contributed by atoms with Gasteiger partial charge in [0.25, 0.3) is 0 Å². The van der Waals surface area contributed by atoms with Gasteiger partial charge < -0.3 is 19.9 Å². The summed E-state index contributed by atoms with van der Waals surface area (Å²) in [4.78, 5) is 19.9. The van der Waals surface area contributed by atoms with E-state index in [1.54, 1.807) is 30.5 Å². The molecule has 10 nitrogen and oxygen atoms in total. The van der Waals surface area contributed by atoms with Gasteiger partial charge in [0.1, 0.15) is 30.7 Å². The predicted molar refractivity (Wildman–Crippen MR) is 105 cm³/mol. The molecule has 0 bridgehead atoms. The number of hydrogen-bond acceptors (Lipinski definition) is 8. The number of fused-ring (bicyclic) bond motifs is 2. The lowest BCUT2D eigenvalue weighted by Gasteiger charge is -2.26. The molecular formula is C20H24FN5O5. The van der Waals surface area contributed by atoms with Gasteiger partial charge >= 0.3 is 11.7 Å². The second-order valence-electron chi connectivity index (χ2n) is 8.81. The van der Waals surface area contributed by atoms with E-state index >= 15 is 0 Å². The minimum Gasteiger partial charge on any atom is -0.453 e. The summed E-state index contributed by atoms with van der Waals surface area (Å²) in [6.45, 7) is 12.8. The Balaban J connectivity index is 1.70. The summed E-state index contributed by atoms with van der Waals surface area (Å²) in [6, 6.07) is 3.50. The molecule has 0 saturated carbocycles. The van der Waals surface area contributed by atoms with Crippen LogP contribution in [0.15, 0.2) is 18.5 Å². The molecule has 0 radical (unpaired) electrons. The fraction of sp³-hybridized carbons (Fsp3) is 0.600. The average molecular weight is 433 g/mol. The summed E-state index contributed by atoms with van der Waals surface area (Å²) in [5.41, 5.74) is 4.08. The van der Waals surface area contributed by atoms with Gasteiger partial charge in [-0.3, -0.25) is 14.4 Å². The second-order valence-corrected chi connectivity index (χ2v) is 8.81. The van der Waals surface area contributed by atoms with Crippen molar-refractivity contribution in [3.05, 3.63) is 35.6 Å². The second kappa shape index (κ2) is 7.12. The van der Waals surface area contributed by atoms with Crippen molar-refractivity contribution in [2.45, 2.75) is 57.5 Å². The molecule has 11 heteroatoms. The van der Waals surface area contributed by atoms with Crippen molar-refractivity contribution in [3.8, 4) is 0 Å². The monoisotopic (exact) mass is 433 g/mol. The van der Waals surface area contributed by atoms with Crippen LogP contribution in [0.25, 0.3) is 10.4 Å². The van der Waals surface area contributed by atoms with Crippen LogP contribution in [0.2, 0.25) is 0 Å². The molecular weight excluding hydrogens is 409 g/mol. The van der Waals surface area contributed by atoms with Gasteiger partial charge in [0.2, 0.25) is 0 Å². The Morgan fingerprint density at radius 3 is 2.81 bits per heavy atom. The lowest BCUT2D eigenvalue weighted by molar-refractivity contribution is -0.211. The number of nitrogen functional groups attached to an aromatic ring is 1. The predicted octanol–water partition coefficient (Wildman–Crippen LogP) is 2.06. The van der Waals surface area contributed by atoms with Crippen molar-refractivity contribution in [1.29, 1.82) is 0 Å². The zero-order valence-electron chi connectivity index (χ0n) is 17.7. The Morgan fingerprint density at radius 2 is 2.13 bits per heavy atom. The van der Waals surface area contributed by atoms with E-state index in [-0.39, 0.29) is 0 Å². The first-order valence-corrected chi connectivity index (χ1v) is 9.77. The summed E-state index contributed by atoms with van der Waals surface area (Å²) in [6.07, 6.45) is -0.968. The molecule has 0 aliphatic carbocycles. The summed E-state index contributed by atoms with van der Waals surface area (Å²) < 4.78 is 38.3. The third kappa shape index (κ3) is 3.40. The van der Waals surface area contributed by atoms with E-state index in [9.17, 15) is 9.18 Å². The van der Waals surface area contributed by atoms with Crippen LogP contribution in [0.3, 0.4) is 0 Å². The van der Waals surface area contributed by atoms with Crippen LogP contribution in [-0.4, -0.2) is 57.6 Å². The molecule has 4 rings (SSSR count). The molecule has 0 spiro atoms. The van der Waals surface area contributed by atoms with E-state index in [0.717, 1.165) is 0 Å². The van der Waals surface area contributed by atoms with Gasteiger partial charge in [-0.05, 0) is 39.8 Å². The minimum atomic E-state index is -1.67. The fourth-order valence-corrected chi connectivity index (χ4v) is 3.79. The first-order chi connectivity index (χ1) is 14.5. The third-order valence-corrected chi connectivity index (χ3v) is 5.49. The van der Waals surface area contributed by atoms with Crippen molar-refractivity contribution in [1.82, 2.24) is 14.6 Å². The number of rotatable bonds is 5. The van der Waals surface area contributed by atoms with E-state index in [4.69, 9.17) is 31.3 Å². The maximum absolute atomic E-state index is 13.2. The smallest absolute Gasteiger partial charge is 0.400 e. The van der Waals surface area contributed by atoms with Gasteiger partial charge in [-0.15, -0.1) is 0 Å². The van der Waals surface area contributed by atoms with Crippen molar-refractivity contribution in [3.63, 3.8) is 0 Å². The number of alkyl halides is 1. The third-order valence-electron chi connectivity index (χ3n) is 5.49. The Hall–Kier alpha value is -2.81. The number of carbonyl (C=O) groups excluding carboxylic acids is 1. The van der Waals surface area contributed by atoms with Gasteiger partial charge in [-0.2, -0.15) is 5.10 Å². The molecule has 2 aromatic heterocycles. The molecule has 2 saturated heterocycles. The molecule has 0 unspecified atom stereocenters. The maximum atomic E-state index is 13.2. The molecule has 0 aromatic carbocycles. The van der Waals surface area contributed by atoms with Crippen molar-refractivity contribution in [2.75, 3.05) is 19.0 Å². The van der Waals surface area contributed by atoms with E-state index in [1.807, 2.05) is 0 Å². The number of hydrogen-bond donors (Lipinski definition) is 1. The Bertz CT molecular complexity index is 1060. The van der Waals surface area contributed by atoms with Gasteiger partial charge in [-0.25, -0.2) is 20.5 Å². The largest absolute Gasteiger partial charge is 0.453 e. The quantitative estimate of drug-likeness (QED) is 0.563. The lowest BCUT2D eigenvalue weighted by atomic mass is 9.96. The van der Waals surface area contributed by atoms with Crippen LogP contribution >= 0.6 is 0 Å². The molecule has 4 atom stereocenters. The van der Waals surface area contributed by atoms with E-state index in [0.29, 0.717) is 17.0 Å². The minimum absolute atomic E-state index is 0.290. The highest BCUT2D eigenvalue weighted by atomic mass is 19.1. The van der Waals surface area contributed by atoms with Crippen LogP contribution in [0.5, 0.6) is 0 Å². The molecule has 166 valence electrons. The molecule has 2 aliphatic heterocycles. The molecule has 2 aromatic rings. The van der Waals surface area contributed by atoms with E-state index < -0.39 is 54.5 Å². The normalized spacial score (nSPS) is 29.6. The lowest BCUT2D eigenvalue weighted by Crippen LogP contribution is -2.46. The maximum Gasteiger partial charge on any atom is 0.400 e. The van der Waals surface area contributed by atoms with Crippen LogP contribution in [-0.2, 0) is 23.7 Å². The number of nitrogens with two attached hydrogens (primary N) is 1. The van der Waals surface area contributed by atoms with Crippen molar-refractivity contribution < 1.29 is 28.1 Å². The van der Waals surface area contributed by atoms with Crippen LogP contribution < -0.4 is 5.73 Å². The molecule has 31 heavy (non-hydrogen) atoms. The van der Waals surface area contributed by atoms with Gasteiger partial charge in [0.05, 0.1) is 11.1 Å². The summed E-state index contributed by atoms with van der Waals surface area (Å²) in [7, 11) is 0. The Labute approximate surface area is 178 Å². The zero-order chi connectivity index (χ0) is 22.6. The molecule has 0 amide bonds. The number of esters is 1. The Morgan fingerprint density at radius 1 is 1.39 bits per heavy atom. The van der Waals surface area contributed by atoms with E-state index in [1.165, 1.54) is 20.2 Å². The topological polar surface area (TPSA) is 115 Å².